The number of hydrogen-bond acceptors (Lipinski definition) is 3. The van der Waals surface area contributed by atoms with Gasteiger partial charge < -0.3 is 15.0 Å². The molecule has 1 N–H and O–H groups in total. The molecule has 25 heavy (non-hydrogen) atoms. The number of anilines is 1. The predicted molar refractivity (Wildman–Crippen MR) is 102 cm³/mol. The number of piperidine rings is 1. The number of hydrogen-bond donors (Lipinski definition) is 1. The lowest BCUT2D eigenvalue weighted by Gasteiger charge is -2.39. The zero-order valence-corrected chi connectivity index (χ0v) is 15.5. The first kappa shape index (κ1) is 18.2. The van der Waals surface area contributed by atoms with E-state index in [0.29, 0.717) is 12.3 Å². The van der Waals surface area contributed by atoms with Crippen molar-refractivity contribution in [2.24, 2.45) is 5.92 Å². The van der Waals surface area contributed by atoms with E-state index in [4.69, 9.17) is 4.74 Å². The first-order valence-corrected chi connectivity index (χ1v) is 9.92. The molecule has 1 aliphatic carbocycles. The van der Waals surface area contributed by atoms with Crippen LogP contribution in [0.1, 0.15) is 57.8 Å². The van der Waals surface area contributed by atoms with Crippen LogP contribution in [0.5, 0.6) is 5.75 Å². The second-order valence-electron chi connectivity index (χ2n) is 7.59. The summed E-state index contributed by atoms with van der Waals surface area (Å²) in [6.45, 7) is 2.46. The van der Waals surface area contributed by atoms with Gasteiger partial charge in [0.05, 0.1) is 7.11 Å². The number of benzene rings is 1. The molecule has 2 fully saturated rings. The van der Waals surface area contributed by atoms with Crippen molar-refractivity contribution in [3.63, 3.8) is 0 Å². The van der Waals surface area contributed by atoms with Crippen LogP contribution >= 0.6 is 0 Å². The predicted octanol–water partition coefficient (Wildman–Crippen LogP) is 4.46. The Balaban J connectivity index is 1.36. The number of rotatable bonds is 6. The third-order valence-electron chi connectivity index (χ3n) is 5.87. The maximum absolute atomic E-state index is 12.2. The topological polar surface area (TPSA) is 41.6 Å². The van der Waals surface area contributed by atoms with E-state index in [0.717, 1.165) is 23.9 Å². The molecule has 0 aromatic heterocycles. The van der Waals surface area contributed by atoms with Gasteiger partial charge in [-0.2, -0.15) is 0 Å². The zero-order chi connectivity index (χ0) is 17.5. The summed E-state index contributed by atoms with van der Waals surface area (Å²) in [5, 5.41) is 2.99. The molecule has 4 heteroatoms. The third kappa shape index (κ3) is 5.46. The minimum atomic E-state index is 0.114. The number of ether oxygens (including phenoxy) is 1. The van der Waals surface area contributed by atoms with E-state index >= 15 is 0 Å². The van der Waals surface area contributed by atoms with E-state index in [1.54, 1.807) is 7.11 Å². The summed E-state index contributed by atoms with van der Waals surface area (Å²) < 4.78 is 5.20. The first-order chi connectivity index (χ1) is 12.2. The number of nitrogens with zero attached hydrogens (tertiary/aromatic N) is 1. The van der Waals surface area contributed by atoms with Crippen LogP contribution in [-0.4, -0.2) is 37.0 Å². The van der Waals surface area contributed by atoms with Gasteiger partial charge in [0, 0.05) is 24.2 Å². The number of nitrogens with one attached hydrogen (secondary N) is 1. The molecule has 1 aromatic carbocycles. The van der Waals surface area contributed by atoms with Gasteiger partial charge in [-0.25, -0.2) is 0 Å². The Morgan fingerprint density at radius 1 is 1.16 bits per heavy atom. The van der Waals surface area contributed by atoms with Crippen molar-refractivity contribution in [2.45, 2.75) is 63.8 Å². The fourth-order valence-corrected chi connectivity index (χ4v) is 4.31. The van der Waals surface area contributed by atoms with Crippen LogP contribution in [0, 0.1) is 5.92 Å². The van der Waals surface area contributed by atoms with Crippen LogP contribution in [-0.2, 0) is 4.79 Å². The Morgan fingerprint density at radius 2 is 1.92 bits per heavy atom. The minimum Gasteiger partial charge on any atom is -0.497 e. The highest BCUT2D eigenvalue weighted by molar-refractivity contribution is 5.90. The SMILES string of the molecule is COc1cccc(NC(=O)CCC2CCN(C3CCCCC3)CC2)c1. The van der Waals surface area contributed by atoms with E-state index < -0.39 is 0 Å². The molecule has 3 rings (SSSR count). The van der Waals surface area contributed by atoms with Crippen LogP contribution in [0.15, 0.2) is 24.3 Å². The minimum absolute atomic E-state index is 0.114. The number of amides is 1. The molecule has 0 radical (unpaired) electrons. The van der Waals surface area contributed by atoms with E-state index in [1.165, 1.54) is 58.0 Å². The molecule has 1 amide bonds. The molecule has 1 aliphatic heterocycles. The summed E-state index contributed by atoms with van der Waals surface area (Å²) in [6, 6.07) is 8.39. The number of carbonyl (C=O) groups excluding carboxylic acids is 1. The van der Waals surface area contributed by atoms with Crippen LogP contribution in [0.4, 0.5) is 5.69 Å². The van der Waals surface area contributed by atoms with E-state index in [2.05, 4.69) is 10.2 Å². The molecular weight excluding hydrogens is 312 g/mol. The highest BCUT2D eigenvalue weighted by Gasteiger charge is 2.26. The van der Waals surface area contributed by atoms with Gasteiger partial charge in [-0.1, -0.05) is 25.3 Å². The van der Waals surface area contributed by atoms with Crippen molar-refractivity contribution in [3.8, 4) is 5.75 Å². The third-order valence-corrected chi connectivity index (χ3v) is 5.87. The molecule has 138 valence electrons. The van der Waals surface area contributed by atoms with E-state index in [1.807, 2.05) is 24.3 Å². The maximum atomic E-state index is 12.2. The Hall–Kier alpha value is -1.55. The molecular formula is C21H32N2O2. The maximum Gasteiger partial charge on any atom is 0.224 e. The molecule has 0 spiro atoms. The van der Waals surface area contributed by atoms with Crippen molar-refractivity contribution >= 4 is 11.6 Å². The summed E-state index contributed by atoms with van der Waals surface area (Å²) in [4.78, 5) is 14.9. The van der Waals surface area contributed by atoms with Crippen molar-refractivity contribution < 1.29 is 9.53 Å². The zero-order valence-electron chi connectivity index (χ0n) is 15.5. The van der Waals surface area contributed by atoms with Crippen LogP contribution in [0.25, 0.3) is 0 Å². The van der Waals surface area contributed by atoms with Crippen molar-refractivity contribution in [2.75, 3.05) is 25.5 Å². The average molecular weight is 344 g/mol. The lowest BCUT2D eigenvalue weighted by molar-refractivity contribution is -0.116. The Bertz CT molecular complexity index is 547. The van der Waals surface area contributed by atoms with Gasteiger partial charge >= 0.3 is 0 Å². The van der Waals surface area contributed by atoms with Gasteiger partial charge in [-0.15, -0.1) is 0 Å². The van der Waals surface area contributed by atoms with E-state index in [-0.39, 0.29) is 5.91 Å². The molecule has 2 aliphatic rings. The fourth-order valence-electron chi connectivity index (χ4n) is 4.31. The van der Waals surface area contributed by atoms with Gasteiger partial charge in [0.25, 0.3) is 0 Å². The summed E-state index contributed by atoms with van der Waals surface area (Å²) in [5.41, 5.74) is 0.816. The van der Waals surface area contributed by atoms with Crippen molar-refractivity contribution in [1.29, 1.82) is 0 Å². The van der Waals surface area contributed by atoms with Gasteiger partial charge in [-0.3, -0.25) is 4.79 Å². The van der Waals surface area contributed by atoms with Crippen molar-refractivity contribution in [1.82, 2.24) is 4.90 Å². The summed E-state index contributed by atoms with van der Waals surface area (Å²) in [7, 11) is 1.64. The van der Waals surface area contributed by atoms with Crippen LogP contribution < -0.4 is 10.1 Å². The summed E-state index contributed by atoms with van der Waals surface area (Å²) in [6.07, 6.45) is 11.2. The lowest BCUT2D eigenvalue weighted by Crippen LogP contribution is -2.42. The molecule has 1 saturated carbocycles. The van der Waals surface area contributed by atoms with Gasteiger partial charge in [0.15, 0.2) is 0 Å². The van der Waals surface area contributed by atoms with Gasteiger partial charge in [0.2, 0.25) is 5.91 Å². The Morgan fingerprint density at radius 3 is 2.64 bits per heavy atom. The molecule has 0 bridgehead atoms. The van der Waals surface area contributed by atoms with Crippen LogP contribution in [0.3, 0.4) is 0 Å². The molecule has 0 unspecified atom stereocenters. The monoisotopic (exact) mass is 344 g/mol. The molecule has 0 atom stereocenters. The van der Waals surface area contributed by atoms with Crippen molar-refractivity contribution in [3.05, 3.63) is 24.3 Å². The Labute approximate surface area is 151 Å². The standard InChI is InChI=1S/C21H32N2O2/c1-25-20-9-5-6-18(16-20)22-21(24)11-10-17-12-14-23(15-13-17)19-7-3-2-4-8-19/h5-6,9,16-17,19H,2-4,7-8,10-15H2,1H3,(H,22,24). The molecule has 1 aromatic rings. The number of likely N-dealkylation sites (tertiary alicyclic amines) is 1. The average Bonchev–Trinajstić information content (AvgIpc) is 2.67. The van der Waals surface area contributed by atoms with Crippen LogP contribution in [0.2, 0.25) is 0 Å². The van der Waals surface area contributed by atoms with Gasteiger partial charge in [0.1, 0.15) is 5.75 Å². The number of methoxy groups -OCH3 is 1. The normalized spacial score (nSPS) is 20.4. The first-order valence-electron chi connectivity index (χ1n) is 9.92. The smallest absolute Gasteiger partial charge is 0.224 e. The molecule has 1 saturated heterocycles. The molecule has 1 heterocycles. The summed E-state index contributed by atoms with van der Waals surface area (Å²) in [5.74, 6) is 1.59. The quantitative estimate of drug-likeness (QED) is 0.828. The second kappa shape index (κ2) is 9.23. The largest absolute Gasteiger partial charge is 0.497 e. The molecule has 4 nitrogen and oxygen atoms in total. The van der Waals surface area contributed by atoms with Gasteiger partial charge in [-0.05, 0) is 63.2 Å². The second-order valence-corrected chi connectivity index (χ2v) is 7.59. The fraction of sp³-hybridized carbons (Fsp3) is 0.667. The highest BCUT2D eigenvalue weighted by atomic mass is 16.5. The lowest BCUT2D eigenvalue weighted by atomic mass is 9.88. The number of carbonyl (C=O) groups is 1. The Kier molecular flexibility index (Phi) is 6.74. The highest BCUT2D eigenvalue weighted by Crippen LogP contribution is 2.29. The summed E-state index contributed by atoms with van der Waals surface area (Å²) >= 11 is 0. The van der Waals surface area contributed by atoms with E-state index in [9.17, 15) is 4.79 Å².